The van der Waals surface area contributed by atoms with E-state index < -0.39 is 0 Å². The maximum Gasteiger partial charge on any atom is 0.173 e. The SMILES string of the molecule is CC1=CCC2C3CCC4C(C)C5(OCCO5)C(C)CC4(C)C3CCC12C. The molecule has 8 unspecified atom stereocenters. The average Bonchev–Trinajstić information content (AvgIpc) is 3.20. The van der Waals surface area contributed by atoms with Gasteiger partial charge >= 0.3 is 0 Å². The second kappa shape index (κ2) is 5.60. The van der Waals surface area contributed by atoms with E-state index in [1.807, 2.05) is 0 Å². The van der Waals surface area contributed by atoms with Gasteiger partial charge in [-0.25, -0.2) is 0 Å². The second-order valence-corrected chi connectivity index (χ2v) is 11.0. The molecule has 0 aromatic carbocycles. The van der Waals surface area contributed by atoms with Crippen LogP contribution in [0.2, 0.25) is 0 Å². The lowest BCUT2D eigenvalue weighted by Crippen LogP contribution is -2.62. The summed E-state index contributed by atoms with van der Waals surface area (Å²) in [7, 11) is 0. The molecule has 2 heteroatoms. The van der Waals surface area contributed by atoms with Gasteiger partial charge in [-0.15, -0.1) is 0 Å². The summed E-state index contributed by atoms with van der Waals surface area (Å²) in [5, 5.41) is 0. The van der Waals surface area contributed by atoms with E-state index in [0.29, 0.717) is 22.7 Å². The molecule has 26 heavy (non-hydrogen) atoms. The van der Waals surface area contributed by atoms with Crippen molar-refractivity contribution >= 4 is 0 Å². The molecule has 1 spiro atoms. The summed E-state index contributed by atoms with van der Waals surface area (Å²) in [5.74, 6) is 4.25. The first-order valence-electron chi connectivity index (χ1n) is 11.3. The smallest absolute Gasteiger partial charge is 0.173 e. The van der Waals surface area contributed by atoms with Gasteiger partial charge in [0.1, 0.15) is 0 Å². The van der Waals surface area contributed by atoms with Gasteiger partial charge in [0.25, 0.3) is 0 Å². The number of hydrogen-bond acceptors (Lipinski definition) is 2. The maximum atomic E-state index is 6.30. The Kier molecular flexibility index (Phi) is 3.82. The third kappa shape index (κ3) is 2.01. The van der Waals surface area contributed by atoms with E-state index >= 15 is 0 Å². The van der Waals surface area contributed by atoms with Gasteiger partial charge in [-0.3, -0.25) is 0 Å². The normalized spacial score (nSPS) is 55.2. The highest BCUT2D eigenvalue weighted by atomic mass is 16.7. The molecule has 0 amide bonds. The summed E-state index contributed by atoms with van der Waals surface area (Å²) in [6, 6.07) is 0. The van der Waals surface area contributed by atoms with Crippen molar-refractivity contribution in [3.8, 4) is 0 Å². The Bertz CT molecular complexity index is 618. The zero-order valence-electron chi connectivity index (χ0n) is 17.5. The van der Waals surface area contributed by atoms with Crippen LogP contribution in [-0.2, 0) is 9.47 Å². The standard InChI is InChI=1S/C24H38O2/c1-15-6-8-20-18-7-9-19-17(3)24(25-12-13-26-24)16(2)14-23(19,5)21(18)10-11-22(15,20)4/h6,16-21H,7-14H2,1-5H3. The lowest BCUT2D eigenvalue weighted by Gasteiger charge is -2.64. The highest BCUT2D eigenvalue weighted by Gasteiger charge is 2.65. The maximum absolute atomic E-state index is 6.30. The Hall–Kier alpha value is -0.340. The summed E-state index contributed by atoms with van der Waals surface area (Å²) in [4.78, 5) is 0. The van der Waals surface area contributed by atoms with Crippen LogP contribution in [0.4, 0.5) is 0 Å². The van der Waals surface area contributed by atoms with Crippen molar-refractivity contribution in [3.63, 3.8) is 0 Å². The molecule has 0 aromatic heterocycles. The van der Waals surface area contributed by atoms with Crippen molar-refractivity contribution in [1.82, 2.24) is 0 Å². The zero-order chi connectivity index (χ0) is 18.3. The van der Waals surface area contributed by atoms with Crippen molar-refractivity contribution in [1.29, 1.82) is 0 Å². The molecule has 0 N–H and O–H groups in total. The Morgan fingerprint density at radius 2 is 1.69 bits per heavy atom. The van der Waals surface area contributed by atoms with E-state index in [9.17, 15) is 0 Å². The largest absolute Gasteiger partial charge is 0.347 e. The van der Waals surface area contributed by atoms with E-state index in [0.717, 1.165) is 36.9 Å². The molecule has 8 atom stereocenters. The lowest BCUT2D eigenvalue weighted by atomic mass is 9.42. The summed E-state index contributed by atoms with van der Waals surface area (Å²) in [5.41, 5.74) is 2.65. The fourth-order valence-corrected chi connectivity index (χ4v) is 8.91. The molecule has 146 valence electrons. The summed E-state index contributed by atoms with van der Waals surface area (Å²) in [6.07, 6.45) is 10.9. The first-order chi connectivity index (χ1) is 12.3. The second-order valence-electron chi connectivity index (χ2n) is 11.0. The van der Waals surface area contributed by atoms with Crippen LogP contribution in [0.25, 0.3) is 0 Å². The minimum absolute atomic E-state index is 0.286. The van der Waals surface area contributed by atoms with Crippen LogP contribution in [0.1, 0.15) is 73.1 Å². The van der Waals surface area contributed by atoms with Gasteiger partial charge in [0, 0.05) is 11.8 Å². The fraction of sp³-hybridized carbons (Fsp3) is 0.917. The van der Waals surface area contributed by atoms with Crippen LogP contribution in [-0.4, -0.2) is 19.0 Å². The van der Waals surface area contributed by atoms with Crippen LogP contribution in [0.5, 0.6) is 0 Å². The molecule has 0 bridgehead atoms. The predicted molar refractivity (Wildman–Crippen MR) is 105 cm³/mol. The quantitative estimate of drug-likeness (QED) is 0.508. The molecule has 0 radical (unpaired) electrons. The topological polar surface area (TPSA) is 18.5 Å². The number of allylic oxidation sites excluding steroid dienone is 2. The molecular formula is C24H38O2. The molecule has 5 aliphatic rings. The third-order valence-electron chi connectivity index (χ3n) is 10.3. The molecule has 4 aliphatic carbocycles. The molecule has 1 saturated heterocycles. The van der Waals surface area contributed by atoms with Gasteiger partial charge in [0.05, 0.1) is 13.2 Å². The van der Waals surface area contributed by atoms with Crippen LogP contribution >= 0.6 is 0 Å². The molecule has 1 heterocycles. The number of fused-ring (bicyclic) bond motifs is 5. The molecule has 5 rings (SSSR count). The van der Waals surface area contributed by atoms with E-state index in [2.05, 4.69) is 40.7 Å². The third-order valence-corrected chi connectivity index (χ3v) is 10.3. The molecule has 2 nitrogen and oxygen atoms in total. The van der Waals surface area contributed by atoms with Gasteiger partial charge < -0.3 is 9.47 Å². The predicted octanol–water partition coefficient (Wildman–Crippen LogP) is 5.82. The van der Waals surface area contributed by atoms with Gasteiger partial charge in [-0.2, -0.15) is 0 Å². The van der Waals surface area contributed by atoms with E-state index in [4.69, 9.17) is 9.47 Å². The Morgan fingerprint density at radius 3 is 2.42 bits per heavy atom. The van der Waals surface area contributed by atoms with Gasteiger partial charge in [0.15, 0.2) is 5.79 Å². The average molecular weight is 359 g/mol. The van der Waals surface area contributed by atoms with Crippen LogP contribution in [0.15, 0.2) is 11.6 Å². The number of rotatable bonds is 0. The van der Waals surface area contributed by atoms with Crippen molar-refractivity contribution in [3.05, 3.63) is 11.6 Å². The van der Waals surface area contributed by atoms with Crippen molar-refractivity contribution < 1.29 is 9.47 Å². The summed E-state index contributed by atoms with van der Waals surface area (Å²) < 4.78 is 12.6. The van der Waals surface area contributed by atoms with E-state index in [-0.39, 0.29) is 5.79 Å². The minimum Gasteiger partial charge on any atom is -0.347 e. The molecule has 1 aliphatic heterocycles. The van der Waals surface area contributed by atoms with Gasteiger partial charge in [0.2, 0.25) is 0 Å². The number of hydrogen-bond donors (Lipinski definition) is 0. The lowest BCUT2D eigenvalue weighted by molar-refractivity contribution is -0.289. The Balaban J connectivity index is 1.47. The first-order valence-corrected chi connectivity index (χ1v) is 11.3. The molecule has 0 aromatic rings. The van der Waals surface area contributed by atoms with Crippen LogP contribution < -0.4 is 0 Å². The summed E-state index contributed by atoms with van der Waals surface area (Å²) in [6.45, 7) is 14.0. The van der Waals surface area contributed by atoms with E-state index in [1.54, 1.807) is 5.57 Å². The first kappa shape index (κ1) is 17.7. The molecular weight excluding hydrogens is 320 g/mol. The zero-order valence-corrected chi connectivity index (χ0v) is 17.5. The van der Waals surface area contributed by atoms with Crippen molar-refractivity contribution in [2.45, 2.75) is 78.9 Å². The van der Waals surface area contributed by atoms with Crippen molar-refractivity contribution in [2.24, 2.45) is 46.3 Å². The molecule has 4 fully saturated rings. The monoisotopic (exact) mass is 358 g/mol. The van der Waals surface area contributed by atoms with Crippen LogP contribution in [0.3, 0.4) is 0 Å². The van der Waals surface area contributed by atoms with Crippen LogP contribution in [0, 0.1) is 46.3 Å². The molecule has 3 saturated carbocycles. The number of ether oxygens (including phenoxy) is 2. The van der Waals surface area contributed by atoms with Crippen molar-refractivity contribution in [2.75, 3.05) is 13.2 Å². The minimum atomic E-state index is -0.286. The highest BCUT2D eigenvalue weighted by Crippen LogP contribution is 2.69. The van der Waals surface area contributed by atoms with Gasteiger partial charge in [-0.05, 0) is 80.0 Å². The van der Waals surface area contributed by atoms with E-state index in [1.165, 1.54) is 38.5 Å². The highest BCUT2D eigenvalue weighted by molar-refractivity contribution is 5.24. The fourth-order valence-electron chi connectivity index (χ4n) is 8.91. The Morgan fingerprint density at radius 1 is 0.962 bits per heavy atom. The Labute approximate surface area is 160 Å². The summed E-state index contributed by atoms with van der Waals surface area (Å²) >= 11 is 0. The van der Waals surface area contributed by atoms with Gasteiger partial charge in [-0.1, -0.05) is 39.3 Å².